The Morgan fingerprint density at radius 2 is 1.16 bits per heavy atom. The third-order valence-electron chi connectivity index (χ3n) is 8.38. The number of benzene rings is 2. The Bertz CT molecular complexity index is 1330. The number of rotatable bonds is 10. The molecule has 4 unspecified atom stereocenters. The Hall–Kier alpha value is -3.90. The molecule has 0 aromatic heterocycles. The molecule has 2 aromatic rings. The van der Waals surface area contributed by atoms with Crippen molar-refractivity contribution in [1.29, 1.82) is 0 Å². The summed E-state index contributed by atoms with van der Waals surface area (Å²) in [5.74, 6) is 0.456. The van der Waals surface area contributed by atoms with Crippen LogP contribution in [0.1, 0.15) is 40.0 Å². The van der Waals surface area contributed by atoms with Gasteiger partial charge in [-0.15, -0.1) is 0 Å². The lowest BCUT2D eigenvalue weighted by atomic mass is 10.1. The van der Waals surface area contributed by atoms with Gasteiger partial charge in [-0.05, 0) is 55.7 Å². The molecular formula is C31H34F2N4O6. The summed E-state index contributed by atoms with van der Waals surface area (Å²) in [4.78, 5) is 38.1. The van der Waals surface area contributed by atoms with Crippen molar-refractivity contribution in [2.75, 3.05) is 40.5 Å². The number of carbonyl (C=O) groups excluding carboxylic acids is 2. The molecule has 6 atom stereocenters. The Balaban J connectivity index is 0.970. The number of fused-ring (bicyclic) bond motifs is 4. The van der Waals surface area contributed by atoms with Crippen LogP contribution in [0, 0.1) is 0 Å². The monoisotopic (exact) mass is 596 g/mol. The van der Waals surface area contributed by atoms with Crippen molar-refractivity contribution in [3.05, 3.63) is 47.5 Å². The molecule has 10 nitrogen and oxygen atoms in total. The molecule has 2 fully saturated rings. The van der Waals surface area contributed by atoms with Gasteiger partial charge in [-0.3, -0.25) is 19.6 Å². The number of aliphatic imine (C=N–C) groups is 2. The lowest BCUT2D eigenvalue weighted by Gasteiger charge is -2.24. The molecular weight excluding hydrogens is 562 g/mol. The third-order valence-corrected chi connectivity index (χ3v) is 8.38. The van der Waals surface area contributed by atoms with E-state index < -0.39 is 36.6 Å². The van der Waals surface area contributed by atoms with E-state index in [1.54, 1.807) is 48.8 Å². The normalized spacial score (nSPS) is 27.3. The Labute approximate surface area is 248 Å². The molecule has 6 rings (SSSR count). The summed E-state index contributed by atoms with van der Waals surface area (Å²) in [7, 11) is 3.04. The molecule has 0 N–H and O–H groups in total. The molecule has 0 radical (unpaired) electrons. The van der Waals surface area contributed by atoms with E-state index in [1.165, 1.54) is 24.0 Å². The highest BCUT2D eigenvalue weighted by atomic mass is 19.1. The van der Waals surface area contributed by atoms with Crippen molar-refractivity contribution in [2.24, 2.45) is 9.98 Å². The van der Waals surface area contributed by atoms with Gasteiger partial charge in [0.1, 0.15) is 36.1 Å². The van der Waals surface area contributed by atoms with Crippen LogP contribution < -0.4 is 9.47 Å². The fourth-order valence-electron chi connectivity index (χ4n) is 6.08. The Kier molecular flexibility index (Phi) is 8.40. The number of hydrogen-bond donors (Lipinski definition) is 0. The molecule has 43 heavy (non-hydrogen) atoms. The number of methoxy groups -OCH3 is 2. The Morgan fingerprint density at radius 1 is 0.721 bits per heavy atom. The number of halogens is 2. The van der Waals surface area contributed by atoms with Crippen LogP contribution in [-0.4, -0.2) is 111 Å². The fourth-order valence-corrected chi connectivity index (χ4v) is 6.08. The van der Waals surface area contributed by atoms with Crippen molar-refractivity contribution in [3.63, 3.8) is 0 Å². The lowest BCUT2D eigenvalue weighted by molar-refractivity contribution is 0.00259. The molecule has 0 aliphatic carbocycles. The van der Waals surface area contributed by atoms with Crippen LogP contribution in [0.4, 0.5) is 20.2 Å². The van der Waals surface area contributed by atoms with Gasteiger partial charge in [0.15, 0.2) is 0 Å². The van der Waals surface area contributed by atoms with Crippen LogP contribution in [0.5, 0.6) is 11.5 Å². The van der Waals surface area contributed by atoms with E-state index >= 15 is 0 Å². The molecule has 2 amide bonds. The van der Waals surface area contributed by atoms with E-state index in [0.717, 1.165) is 0 Å². The summed E-state index contributed by atoms with van der Waals surface area (Å²) < 4.78 is 52.2. The van der Waals surface area contributed by atoms with Gasteiger partial charge in [-0.25, -0.2) is 8.78 Å². The average Bonchev–Trinajstić information content (AvgIpc) is 3.42. The number of carbonyl (C=O) groups is 2. The number of alkyl halides is 2. The summed E-state index contributed by atoms with van der Waals surface area (Å²) in [5, 5.41) is 0. The predicted octanol–water partition coefficient (Wildman–Crippen LogP) is 4.10. The van der Waals surface area contributed by atoms with Gasteiger partial charge in [-0.1, -0.05) is 0 Å². The van der Waals surface area contributed by atoms with Gasteiger partial charge in [0.2, 0.25) is 0 Å². The van der Waals surface area contributed by atoms with Crippen molar-refractivity contribution in [1.82, 2.24) is 9.80 Å². The van der Waals surface area contributed by atoms with E-state index in [2.05, 4.69) is 9.98 Å². The maximum atomic E-state index is 15.0. The number of amides is 2. The second-order valence-electron chi connectivity index (χ2n) is 11.0. The number of unbranched alkanes of at least 4 members (excludes halogenated alkanes) is 2. The topological polar surface area (TPSA) is 102 Å². The van der Waals surface area contributed by atoms with Gasteiger partial charge in [0.05, 0.1) is 61.9 Å². The van der Waals surface area contributed by atoms with Crippen LogP contribution in [-0.2, 0) is 9.47 Å². The van der Waals surface area contributed by atoms with E-state index in [0.29, 0.717) is 66.5 Å². The van der Waals surface area contributed by atoms with Crippen LogP contribution >= 0.6 is 0 Å². The average molecular weight is 597 g/mol. The highest BCUT2D eigenvalue weighted by molar-refractivity contribution is 6.04. The maximum Gasteiger partial charge on any atom is 0.256 e. The number of ether oxygens (including phenoxy) is 4. The van der Waals surface area contributed by atoms with Gasteiger partial charge in [0.25, 0.3) is 11.8 Å². The number of nitrogens with zero attached hydrogens (tertiary/aromatic N) is 4. The highest BCUT2D eigenvalue weighted by Gasteiger charge is 2.47. The van der Waals surface area contributed by atoms with Gasteiger partial charge >= 0.3 is 0 Å². The van der Waals surface area contributed by atoms with Crippen molar-refractivity contribution >= 4 is 35.6 Å². The summed E-state index contributed by atoms with van der Waals surface area (Å²) >= 11 is 0. The SMILES string of the molecule is COc1ccc2c(c1)C(=O)N1CC(F)C(OCCCCCOC3C(F)CN4C(=O)c5cc(OC)ccc5N=C[C@@H]34)[C@@H]1C=N2. The quantitative estimate of drug-likeness (QED) is 0.383. The van der Waals surface area contributed by atoms with E-state index in [-0.39, 0.29) is 24.9 Å². The molecule has 0 spiro atoms. The molecule has 0 bridgehead atoms. The summed E-state index contributed by atoms with van der Waals surface area (Å²) in [5.41, 5.74) is 1.77. The molecule has 4 aliphatic heterocycles. The lowest BCUT2D eigenvalue weighted by Crippen LogP contribution is -2.41. The molecule has 4 aliphatic rings. The smallest absolute Gasteiger partial charge is 0.256 e. The first-order valence-corrected chi connectivity index (χ1v) is 14.5. The first-order valence-electron chi connectivity index (χ1n) is 14.5. The van der Waals surface area contributed by atoms with Crippen LogP contribution in [0.25, 0.3) is 0 Å². The van der Waals surface area contributed by atoms with Crippen molar-refractivity contribution in [3.8, 4) is 11.5 Å². The third kappa shape index (κ3) is 5.61. The minimum Gasteiger partial charge on any atom is -0.497 e. The first-order chi connectivity index (χ1) is 20.9. The summed E-state index contributed by atoms with van der Waals surface area (Å²) in [6.45, 7) is 0.456. The fraction of sp³-hybridized carbons (Fsp3) is 0.484. The molecule has 228 valence electrons. The Morgan fingerprint density at radius 3 is 1.58 bits per heavy atom. The maximum absolute atomic E-state index is 15.0. The van der Waals surface area contributed by atoms with E-state index in [9.17, 15) is 18.4 Å². The second-order valence-corrected chi connectivity index (χ2v) is 11.0. The highest BCUT2D eigenvalue weighted by Crippen LogP contribution is 2.35. The first kappa shape index (κ1) is 29.2. The van der Waals surface area contributed by atoms with Crippen LogP contribution in [0.15, 0.2) is 46.4 Å². The molecule has 0 saturated carbocycles. The van der Waals surface area contributed by atoms with Crippen LogP contribution in [0.2, 0.25) is 0 Å². The van der Waals surface area contributed by atoms with Crippen molar-refractivity contribution < 1.29 is 37.3 Å². The molecule has 4 heterocycles. The molecule has 2 saturated heterocycles. The largest absolute Gasteiger partial charge is 0.497 e. The van der Waals surface area contributed by atoms with Gasteiger partial charge < -0.3 is 28.7 Å². The number of hydrogen-bond acceptors (Lipinski definition) is 8. The zero-order valence-electron chi connectivity index (χ0n) is 24.0. The predicted molar refractivity (Wildman–Crippen MR) is 155 cm³/mol. The standard InChI is InChI=1S/C31H34F2N4O6/c1-40-18-6-8-24-20(12-18)30(38)36-16-22(32)28(26(36)14-34-24)42-10-4-3-5-11-43-29-23(33)17-37-27(29)15-35-25-9-7-19(41-2)13-21(25)31(37)39/h6-9,12-15,22-23,26-29H,3-5,10-11,16-17H2,1-2H3/t22?,23?,26-,27-,28?,29?/m0/s1. The van der Waals surface area contributed by atoms with E-state index in [1.807, 2.05) is 0 Å². The second kappa shape index (κ2) is 12.4. The zero-order chi connectivity index (χ0) is 30.1. The summed E-state index contributed by atoms with van der Waals surface area (Å²) in [6.07, 6.45) is 0.869. The minimum atomic E-state index is -1.33. The molecule has 12 heteroatoms. The molecule has 2 aromatic carbocycles. The zero-order valence-corrected chi connectivity index (χ0v) is 24.0. The minimum absolute atomic E-state index is 0.0704. The van der Waals surface area contributed by atoms with Gasteiger partial charge in [-0.2, -0.15) is 0 Å². The van der Waals surface area contributed by atoms with Crippen molar-refractivity contribution in [2.45, 2.75) is 55.9 Å². The van der Waals surface area contributed by atoms with Crippen LogP contribution in [0.3, 0.4) is 0 Å². The summed E-state index contributed by atoms with van der Waals surface area (Å²) in [6, 6.07) is 8.90. The van der Waals surface area contributed by atoms with E-state index in [4.69, 9.17) is 18.9 Å². The van der Waals surface area contributed by atoms with Gasteiger partial charge in [0, 0.05) is 25.6 Å².